The molecule has 0 amide bonds. The molecule has 3 rings (SSSR count). The first-order chi connectivity index (χ1) is 8.24. The maximum absolute atomic E-state index is 12.8. The maximum atomic E-state index is 12.8. The summed E-state index contributed by atoms with van der Waals surface area (Å²) in [6.07, 6.45) is 1.55. The first-order valence-electron chi connectivity index (χ1n) is 4.97. The van der Waals surface area contributed by atoms with Crippen molar-refractivity contribution in [3.63, 3.8) is 0 Å². The lowest BCUT2D eigenvalue weighted by atomic mass is 10.2. The van der Waals surface area contributed by atoms with E-state index in [0.29, 0.717) is 16.9 Å². The van der Waals surface area contributed by atoms with E-state index >= 15 is 0 Å². The van der Waals surface area contributed by atoms with Crippen LogP contribution in [0.3, 0.4) is 0 Å². The summed E-state index contributed by atoms with van der Waals surface area (Å²) in [5.41, 5.74) is 7.71. The number of hydrogen-bond acceptors (Lipinski definition) is 4. The maximum Gasteiger partial charge on any atom is 0.174 e. The van der Waals surface area contributed by atoms with Crippen LogP contribution in [0, 0.1) is 5.82 Å². The molecule has 3 aromatic rings. The molecule has 6 heteroatoms. The number of nitrogens with two attached hydrogens (primary N) is 1. The van der Waals surface area contributed by atoms with Crippen molar-refractivity contribution in [3.05, 3.63) is 36.3 Å². The van der Waals surface area contributed by atoms with Gasteiger partial charge in [-0.2, -0.15) is 5.10 Å². The monoisotopic (exact) mass is 229 g/mol. The molecule has 5 nitrogen and oxygen atoms in total. The van der Waals surface area contributed by atoms with Gasteiger partial charge in [0.25, 0.3) is 0 Å². The van der Waals surface area contributed by atoms with Crippen molar-refractivity contribution in [2.75, 3.05) is 5.73 Å². The van der Waals surface area contributed by atoms with Gasteiger partial charge in [-0.05, 0) is 24.3 Å². The fourth-order valence-corrected chi connectivity index (χ4v) is 1.62. The molecule has 84 valence electrons. The van der Waals surface area contributed by atoms with Gasteiger partial charge in [-0.15, -0.1) is 5.10 Å². The highest BCUT2D eigenvalue weighted by molar-refractivity contribution is 5.86. The summed E-state index contributed by atoms with van der Waals surface area (Å²) in [4.78, 5) is 7.36. The van der Waals surface area contributed by atoms with E-state index in [1.165, 1.54) is 12.1 Å². The zero-order chi connectivity index (χ0) is 11.8. The van der Waals surface area contributed by atoms with Crippen LogP contribution in [-0.4, -0.2) is 20.2 Å². The summed E-state index contributed by atoms with van der Waals surface area (Å²) >= 11 is 0. The molecule has 0 saturated carbocycles. The highest BCUT2D eigenvalue weighted by atomic mass is 19.1. The molecule has 0 aliphatic carbocycles. The van der Waals surface area contributed by atoms with Crippen molar-refractivity contribution in [1.82, 2.24) is 20.2 Å². The number of aromatic nitrogens is 4. The molecule has 0 radical (unpaired) electrons. The minimum Gasteiger partial charge on any atom is -0.380 e. The van der Waals surface area contributed by atoms with Crippen LogP contribution in [0.4, 0.5) is 10.2 Å². The van der Waals surface area contributed by atoms with E-state index in [9.17, 15) is 4.39 Å². The fraction of sp³-hybridized carbons (Fsp3) is 0. The highest BCUT2D eigenvalue weighted by Gasteiger charge is 2.08. The standard InChI is InChI=1S/C11H8FN5/c12-7-3-1-6(2-4-7)11-15-8-5-14-17-10(13)9(8)16-11/h1-5H,(H2,13,17)(H,15,16). The van der Waals surface area contributed by atoms with Crippen molar-refractivity contribution < 1.29 is 4.39 Å². The number of imidazole rings is 1. The van der Waals surface area contributed by atoms with E-state index < -0.39 is 0 Å². The van der Waals surface area contributed by atoms with Crippen LogP contribution in [0.2, 0.25) is 0 Å². The molecule has 2 aromatic heterocycles. The summed E-state index contributed by atoms with van der Waals surface area (Å²) in [5, 5.41) is 7.44. The van der Waals surface area contributed by atoms with Gasteiger partial charge in [0.05, 0.1) is 11.7 Å². The molecular formula is C11H8FN5. The van der Waals surface area contributed by atoms with Crippen LogP contribution in [-0.2, 0) is 0 Å². The number of anilines is 1. The lowest BCUT2D eigenvalue weighted by Crippen LogP contribution is -1.92. The number of aromatic amines is 1. The van der Waals surface area contributed by atoms with Gasteiger partial charge in [-0.3, -0.25) is 0 Å². The quantitative estimate of drug-likeness (QED) is 0.666. The second kappa shape index (κ2) is 3.51. The number of fused-ring (bicyclic) bond motifs is 1. The number of H-pyrrole nitrogens is 1. The summed E-state index contributed by atoms with van der Waals surface area (Å²) in [7, 11) is 0. The lowest BCUT2D eigenvalue weighted by molar-refractivity contribution is 0.628. The summed E-state index contributed by atoms with van der Waals surface area (Å²) in [5.74, 6) is 0.598. The van der Waals surface area contributed by atoms with Crippen LogP contribution in [0.1, 0.15) is 0 Å². The second-order valence-corrected chi connectivity index (χ2v) is 3.58. The molecule has 17 heavy (non-hydrogen) atoms. The Kier molecular flexibility index (Phi) is 2.01. The Labute approximate surface area is 95.5 Å². The summed E-state index contributed by atoms with van der Waals surface area (Å²) < 4.78 is 12.8. The van der Waals surface area contributed by atoms with Crippen molar-refractivity contribution in [2.45, 2.75) is 0 Å². The minimum absolute atomic E-state index is 0.270. The van der Waals surface area contributed by atoms with Crippen LogP contribution in [0.25, 0.3) is 22.4 Å². The molecule has 0 atom stereocenters. The number of hydrogen-bond donors (Lipinski definition) is 2. The predicted molar refractivity (Wildman–Crippen MR) is 61.5 cm³/mol. The summed E-state index contributed by atoms with van der Waals surface area (Å²) in [6.45, 7) is 0. The van der Waals surface area contributed by atoms with Gasteiger partial charge in [0.1, 0.15) is 17.2 Å². The normalized spacial score (nSPS) is 10.9. The van der Waals surface area contributed by atoms with Crippen LogP contribution >= 0.6 is 0 Å². The van der Waals surface area contributed by atoms with Crippen molar-refractivity contribution in [3.8, 4) is 11.4 Å². The highest BCUT2D eigenvalue weighted by Crippen LogP contribution is 2.22. The zero-order valence-corrected chi connectivity index (χ0v) is 8.68. The van der Waals surface area contributed by atoms with E-state index in [2.05, 4.69) is 20.2 Å². The number of nitrogens with zero attached hydrogens (tertiary/aromatic N) is 3. The van der Waals surface area contributed by atoms with Gasteiger partial charge in [0, 0.05) is 5.56 Å². The smallest absolute Gasteiger partial charge is 0.174 e. The Balaban J connectivity index is 2.18. The lowest BCUT2D eigenvalue weighted by Gasteiger charge is -1.94. The zero-order valence-electron chi connectivity index (χ0n) is 8.68. The number of halogens is 1. The Morgan fingerprint density at radius 3 is 2.65 bits per heavy atom. The van der Waals surface area contributed by atoms with E-state index in [1.54, 1.807) is 18.3 Å². The Morgan fingerprint density at radius 1 is 1.18 bits per heavy atom. The van der Waals surface area contributed by atoms with Crippen molar-refractivity contribution >= 4 is 16.9 Å². The number of nitrogen functional groups attached to an aromatic ring is 1. The number of benzene rings is 1. The molecule has 2 heterocycles. The SMILES string of the molecule is Nc1nncc2[nH]c(-c3ccc(F)cc3)nc12. The molecular weight excluding hydrogens is 221 g/mol. The topological polar surface area (TPSA) is 80.5 Å². The van der Waals surface area contributed by atoms with E-state index in [-0.39, 0.29) is 11.6 Å². The average molecular weight is 229 g/mol. The van der Waals surface area contributed by atoms with Gasteiger partial charge in [-0.1, -0.05) is 0 Å². The van der Waals surface area contributed by atoms with Gasteiger partial charge in [-0.25, -0.2) is 9.37 Å². The van der Waals surface area contributed by atoms with Crippen LogP contribution in [0.15, 0.2) is 30.5 Å². The van der Waals surface area contributed by atoms with E-state index in [1.807, 2.05) is 0 Å². The summed E-state index contributed by atoms with van der Waals surface area (Å²) in [6, 6.07) is 6.04. The predicted octanol–water partition coefficient (Wildman–Crippen LogP) is 1.74. The molecule has 0 aliphatic rings. The molecule has 0 unspecified atom stereocenters. The average Bonchev–Trinajstić information content (AvgIpc) is 2.75. The number of nitrogens with one attached hydrogen (secondary N) is 1. The van der Waals surface area contributed by atoms with Crippen molar-refractivity contribution in [2.24, 2.45) is 0 Å². The minimum atomic E-state index is -0.285. The molecule has 0 bridgehead atoms. The molecule has 3 N–H and O–H groups in total. The Bertz CT molecular complexity index is 674. The third-order valence-electron chi connectivity index (χ3n) is 2.44. The third kappa shape index (κ3) is 1.59. The Hall–Kier alpha value is -2.50. The van der Waals surface area contributed by atoms with E-state index in [0.717, 1.165) is 5.56 Å². The van der Waals surface area contributed by atoms with Crippen LogP contribution in [0.5, 0.6) is 0 Å². The van der Waals surface area contributed by atoms with Gasteiger partial charge < -0.3 is 10.7 Å². The second-order valence-electron chi connectivity index (χ2n) is 3.58. The van der Waals surface area contributed by atoms with Crippen molar-refractivity contribution in [1.29, 1.82) is 0 Å². The molecule has 0 saturated heterocycles. The first kappa shape index (κ1) is 9.71. The van der Waals surface area contributed by atoms with Gasteiger partial charge >= 0.3 is 0 Å². The van der Waals surface area contributed by atoms with E-state index in [4.69, 9.17) is 5.73 Å². The number of rotatable bonds is 1. The largest absolute Gasteiger partial charge is 0.380 e. The van der Waals surface area contributed by atoms with Gasteiger partial charge in [0.15, 0.2) is 5.82 Å². The first-order valence-corrected chi connectivity index (χ1v) is 4.97. The Morgan fingerprint density at radius 2 is 1.94 bits per heavy atom. The molecule has 0 aliphatic heterocycles. The van der Waals surface area contributed by atoms with Gasteiger partial charge in [0.2, 0.25) is 0 Å². The molecule has 0 fully saturated rings. The molecule has 1 aromatic carbocycles. The third-order valence-corrected chi connectivity index (χ3v) is 2.44. The fourth-order valence-electron chi connectivity index (χ4n) is 1.62. The molecule has 0 spiro atoms. The van der Waals surface area contributed by atoms with Crippen LogP contribution < -0.4 is 5.73 Å².